The number of hydrazine groups is 1. The summed E-state index contributed by atoms with van der Waals surface area (Å²) in [6.45, 7) is 6.46. The van der Waals surface area contributed by atoms with Gasteiger partial charge in [-0.25, -0.2) is 9.82 Å². The summed E-state index contributed by atoms with van der Waals surface area (Å²) >= 11 is 0. The number of nitrogens with one attached hydrogen (secondary N) is 3. The van der Waals surface area contributed by atoms with Crippen LogP contribution in [0.25, 0.3) is 0 Å². The van der Waals surface area contributed by atoms with Gasteiger partial charge in [-0.2, -0.15) is 4.98 Å². The molecule has 3 N–H and O–H groups in total. The molecule has 1 amide bonds. The first-order valence-electron chi connectivity index (χ1n) is 10.8. The van der Waals surface area contributed by atoms with E-state index in [0.29, 0.717) is 24.2 Å². The summed E-state index contributed by atoms with van der Waals surface area (Å²) < 4.78 is 19.0. The number of hydrogen-bond donors (Lipinski definition) is 3. The predicted molar refractivity (Wildman–Crippen MR) is 111 cm³/mol. The van der Waals surface area contributed by atoms with Gasteiger partial charge in [0, 0.05) is 24.2 Å². The first-order valence-corrected chi connectivity index (χ1v) is 10.8. The zero-order chi connectivity index (χ0) is 21.6. The molecule has 1 aromatic carbocycles. The molecular weight excluding hydrogens is 399 g/mol. The molecule has 3 aliphatic heterocycles. The Labute approximate surface area is 180 Å². The van der Waals surface area contributed by atoms with Gasteiger partial charge in [-0.1, -0.05) is 17.3 Å². The first-order chi connectivity index (χ1) is 14.9. The van der Waals surface area contributed by atoms with Crippen molar-refractivity contribution in [3.63, 3.8) is 0 Å². The maximum atomic E-state index is 13.3. The largest absolute Gasteiger partial charge is 0.339 e. The summed E-state index contributed by atoms with van der Waals surface area (Å²) in [5.74, 6) is 0.822. The van der Waals surface area contributed by atoms with Crippen LogP contribution in [0.15, 0.2) is 40.6 Å². The number of halogens is 1. The van der Waals surface area contributed by atoms with E-state index in [2.05, 4.69) is 26.2 Å². The van der Waals surface area contributed by atoms with Crippen LogP contribution in [0.3, 0.4) is 0 Å². The molecule has 2 atom stereocenters. The van der Waals surface area contributed by atoms with Gasteiger partial charge in [-0.15, -0.1) is 0 Å². The van der Waals surface area contributed by atoms with Gasteiger partial charge in [0.05, 0.1) is 11.3 Å². The molecule has 31 heavy (non-hydrogen) atoms. The van der Waals surface area contributed by atoms with Crippen LogP contribution in [0.4, 0.5) is 4.39 Å². The van der Waals surface area contributed by atoms with E-state index in [1.165, 1.54) is 12.1 Å². The molecular formula is C22H27FN6O2. The third-order valence-corrected chi connectivity index (χ3v) is 6.63. The van der Waals surface area contributed by atoms with Crippen molar-refractivity contribution in [1.29, 1.82) is 0 Å². The summed E-state index contributed by atoms with van der Waals surface area (Å²) in [6.07, 6.45) is 3.44. The third kappa shape index (κ3) is 3.61. The van der Waals surface area contributed by atoms with Crippen LogP contribution in [0, 0.1) is 11.7 Å². The van der Waals surface area contributed by atoms with E-state index in [1.807, 2.05) is 13.8 Å². The average molecular weight is 426 g/mol. The minimum absolute atomic E-state index is 0.0881. The van der Waals surface area contributed by atoms with Crippen LogP contribution in [-0.2, 0) is 10.2 Å². The lowest BCUT2D eigenvalue weighted by Gasteiger charge is -2.38. The molecule has 4 heterocycles. The van der Waals surface area contributed by atoms with Crippen molar-refractivity contribution in [2.75, 3.05) is 19.6 Å². The lowest BCUT2D eigenvalue weighted by molar-refractivity contribution is -0.119. The highest BCUT2D eigenvalue weighted by Crippen LogP contribution is 2.36. The van der Waals surface area contributed by atoms with Crippen LogP contribution in [0.5, 0.6) is 0 Å². The van der Waals surface area contributed by atoms with Gasteiger partial charge in [-0.3, -0.25) is 9.80 Å². The average Bonchev–Trinajstić information content (AvgIpc) is 3.41. The molecule has 2 aromatic rings. The molecule has 0 spiro atoms. The Hall–Kier alpha value is -2.78. The number of carbonyl (C=O) groups is 1. The van der Waals surface area contributed by atoms with Gasteiger partial charge in [0.1, 0.15) is 12.0 Å². The van der Waals surface area contributed by atoms with Crippen LogP contribution < -0.4 is 16.1 Å². The predicted octanol–water partition coefficient (Wildman–Crippen LogP) is 1.78. The number of benzene rings is 1. The van der Waals surface area contributed by atoms with Gasteiger partial charge < -0.3 is 15.2 Å². The molecule has 164 valence electrons. The number of allylic oxidation sites excluding steroid dienone is 1. The Morgan fingerprint density at radius 3 is 2.68 bits per heavy atom. The summed E-state index contributed by atoms with van der Waals surface area (Å²) in [7, 11) is 0. The van der Waals surface area contributed by atoms with Crippen molar-refractivity contribution in [3.8, 4) is 0 Å². The Bertz CT molecular complexity index is 996. The normalized spacial score (nSPS) is 24.7. The third-order valence-electron chi connectivity index (χ3n) is 6.63. The molecule has 5 rings (SSSR count). The Balaban J connectivity index is 1.39. The number of nitrogens with zero attached hydrogens (tertiary/aromatic N) is 3. The number of aromatic nitrogens is 2. The minimum Gasteiger partial charge on any atom is -0.339 e. The molecule has 2 saturated heterocycles. The molecule has 2 unspecified atom stereocenters. The highest BCUT2D eigenvalue weighted by molar-refractivity contribution is 5.89. The fourth-order valence-corrected chi connectivity index (χ4v) is 4.68. The molecule has 0 aliphatic carbocycles. The number of hydrogen-bond acceptors (Lipinski definition) is 7. The second-order valence-electron chi connectivity index (χ2n) is 8.97. The van der Waals surface area contributed by atoms with Crippen LogP contribution in [0.2, 0.25) is 0 Å². The summed E-state index contributed by atoms with van der Waals surface area (Å²) in [5.41, 5.74) is 4.81. The maximum absolute atomic E-state index is 13.3. The molecule has 9 heteroatoms. The van der Waals surface area contributed by atoms with Gasteiger partial charge in [0.15, 0.2) is 5.82 Å². The van der Waals surface area contributed by atoms with E-state index in [4.69, 9.17) is 9.51 Å². The van der Waals surface area contributed by atoms with Gasteiger partial charge in [0.25, 0.3) is 0 Å². The van der Waals surface area contributed by atoms with Gasteiger partial charge in [0.2, 0.25) is 11.8 Å². The van der Waals surface area contributed by atoms with Crippen molar-refractivity contribution < 1.29 is 13.7 Å². The second-order valence-corrected chi connectivity index (χ2v) is 8.97. The van der Waals surface area contributed by atoms with E-state index in [0.717, 1.165) is 37.2 Å². The van der Waals surface area contributed by atoms with E-state index in [1.54, 1.807) is 18.2 Å². The van der Waals surface area contributed by atoms with Crippen LogP contribution in [-0.4, -0.2) is 46.9 Å². The fraction of sp³-hybridized carbons (Fsp3) is 0.500. The Kier molecular flexibility index (Phi) is 5.02. The minimum atomic E-state index is -0.545. The molecule has 2 fully saturated rings. The fourth-order valence-electron chi connectivity index (χ4n) is 4.68. The molecule has 0 saturated carbocycles. The van der Waals surface area contributed by atoms with Crippen molar-refractivity contribution in [2.45, 2.75) is 44.2 Å². The Morgan fingerprint density at radius 2 is 1.94 bits per heavy atom. The molecule has 8 nitrogen and oxygen atoms in total. The summed E-state index contributed by atoms with van der Waals surface area (Å²) in [5, 5.41) is 12.7. The van der Waals surface area contributed by atoms with E-state index >= 15 is 0 Å². The lowest BCUT2D eigenvalue weighted by atomic mass is 9.84. The Morgan fingerprint density at radius 1 is 1.19 bits per heavy atom. The van der Waals surface area contributed by atoms with E-state index in [9.17, 15) is 9.18 Å². The molecule has 1 aromatic heterocycles. The van der Waals surface area contributed by atoms with Crippen molar-refractivity contribution in [1.82, 2.24) is 31.2 Å². The number of carbonyl (C=O) groups excluding carboxylic acids is 1. The summed E-state index contributed by atoms with van der Waals surface area (Å²) in [6, 6.07) is 6.34. The standard InChI is InChI=1S/C22H27FN6O2/c1-22(2,14-3-5-15(23)6-4-14)21-27-20(31-28-21)16-12-25-29-17(11-18(30)26-19(16)29)13-7-9-24-10-8-13/h3-6,11,13,16,19,24-25H,7-10,12H2,1-2H3,(H,26,30). The van der Waals surface area contributed by atoms with E-state index in [-0.39, 0.29) is 23.8 Å². The maximum Gasteiger partial charge on any atom is 0.247 e. The van der Waals surface area contributed by atoms with Crippen LogP contribution in [0.1, 0.15) is 49.9 Å². The molecule has 3 aliphatic rings. The number of piperidine rings is 1. The van der Waals surface area contributed by atoms with Crippen LogP contribution >= 0.6 is 0 Å². The zero-order valence-electron chi connectivity index (χ0n) is 17.7. The molecule has 0 radical (unpaired) electrons. The SMILES string of the molecule is CC(C)(c1ccc(F)cc1)c1noc(C2CNN3C(C4CCNCC4)=CC(=O)NC23)n1. The first kappa shape index (κ1) is 20.1. The topological polar surface area (TPSA) is 95.3 Å². The van der Waals surface area contributed by atoms with E-state index < -0.39 is 5.41 Å². The second kappa shape index (κ2) is 7.72. The molecule has 0 bridgehead atoms. The lowest BCUT2D eigenvalue weighted by Crippen LogP contribution is -2.53. The monoisotopic (exact) mass is 426 g/mol. The van der Waals surface area contributed by atoms with Crippen molar-refractivity contribution in [2.24, 2.45) is 5.92 Å². The number of amides is 1. The highest BCUT2D eigenvalue weighted by atomic mass is 19.1. The quantitative estimate of drug-likeness (QED) is 0.686. The van der Waals surface area contributed by atoms with Crippen molar-refractivity contribution >= 4 is 5.91 Å². The zero-order valence-corrected chi connectivity index (χ0v) is 17.7. The number of fused-ring (bicyclic) bond motifs is 1. The van der Waals surface area contributed by atoms with Gasteiger partial charge >= 0.3 is 0 Å². The van der Waals surface area contributed by atoms with Gasteiger partial charge in [-0.05, 0) is 57.5 Å². The number of rotatable bonds is 4. The highest BCUT2D eigenvalue weighted by Gasteiger charge is 2.45. The van der Waals surface area contributed by atoms with Crippen molar-refractivity contribution in [3.05, 3.63) is 59.1 Å². The smallest absolute Gasteiger partial charge is 0.247 e. The summed E-state index contributed by atoms with van der Waals surface area (Å²) in [4.78, 5) is 17.2.